The van der Waals surface area contributed by atoms with Crippen LogP contribution in [0.1, 0.15) is 0 Å². The molecule has 1 rings (SSSR count). The number of nitrogens with one attached hydrogen (secondary N) is 1. The van der Waals surface area contributed by atoms with Crippen LogP contribution in [0, 0.1) is 0 Å². The van der Waals surface area contributed by atoms with Crippen molar-refractivity contribution in [3.63, 3.8) is 0 Å². The van der Waals surface area contributed by atoms with E-state index < -0.39 is 13.4 Å². The van der Waals surface area contributed by atoms with Crippen LogP contribution in [-0.2, 0) is 4.57 Å². The second-order valence-corrected chi connectivity index (χ2v) is 3.68. The first-order chi connectivity index (χ1) is 4.61. The third-order valence-corrected chi connectivity index (χ3v) is 2.18. The lowest BCUT2D eigenvalue weighted by molar-refractivity contribution is 0.360. The van der Waals surface area contributed by atoms with E-state index in [1.807, 2.05) is 0 Å². The highest BCUT2D eigenvalue weighted by Crippen LogP contribution is 2.40. The van der Waals surface area contributed by atoms with Gasteiger partial charge < -0.3 is 15.1 Å². The molecule has 1 aliphatic rings. The van der Waals surface area contributed by atoms with E-state index in [0.717, 1.165) is 0 Å². The highest BCUT2D eigenvalue weighted by Gasteiger charge is 2.25. The van der Waals surface area contributed by atoms with Crippen LogP contribution in [0.2, 0.25) is 0 Å². The summed E-state index contributed by atoms with van der Waals surface area (Å²) >= 11 is 0. The van der Waals surface area contributed by atoms with Crippen molar-refractivity contribution in [1.82, 2.24) is 5.32 Å². The largest absolute Gasteiger partial charge is 0.374 e. The molecule has 0 saturated heterocycles. The molecular formula is C5H8NO3P. The lowest BCUT2D eigenvalue weighted by Crippen LogP contribution is -2.23. The monoisotopic (exact) mass is 161 g/mol. The van der Waals surface area contributed by atoms with Gasteiger partial charge in [-0.2, -0.15) is 0 Å². The Balaban J connectivity index is 2.69. The Morgan fingerprint density at radius 2 is 2.10 bits per heavy atom. The van der Waals surface area contributed by atoms with Gasteiger partial charge in [0.15, 0.2) is 0 Å². The average molecular weight is 161 g/mol. The van der Waals surface area contributed by atoms with Gasteiger partial charge in [-0.05, 0) is 12.3 Å². The van der Waals surface area contributed by atoms with Gasteiger partial charge in [0.25, 0.3) is 0 Å². The van der Waals surface area contributed by atoms with Crippen LogP contribution in [-0.4, -0.2) is 15.6 Å². The highest BCUT2D eigenvalue weighted by molar-refractivity contribution is 7.52. The Morgan fingerprint density at radius 1 is 1.40 bits per heavy atom. The Kier molecular flexibility index (Phi) is 1.94. The standard InChI is InChI=1S/C5H8NO3P/c7-10(8,9)5-3-1-2-4-6-5/h1-6H,(H2,7,8,9). The van der Waals surface area contributed by atoms with Gasteiger partial charge in [0, 0.05) is 0 Å². The minimum absolute atomic E-state index is 0.850. The molecule has 1 aliphatic heterocycles. The van der Waals surface area contributed by atoms with Gasteiger partial charge in [-0.25, -0.2) is 0 Å². The minimum Gasteiger partial charge on any atom is -0.374 e. The topological polar surface area (TPSA) is 69.6 Å². The van der Waals surface area contributed by atoms with Crippen LogP contribution in [0.15, 0.2) is 24.4 Å². The van der Waals surface area contributed by atoms with Crippen molar-refractivity contribution >= 4 is 7.60 Å². The summed E-state index contributed by atoms with van der Waals surface area (Å²) in [6.07, 6.45) is 6.21. The molecule has 4 nitrogen and oxygen atoms in total. The first kappa shape index (κ1) is 7.54. The molecule has 0 amide bonds. The zero-order valence-corrected chi connectivity index (χ0v) is 6.03. The predicted octanol–water partition coefficient (Wildman–Crippen LogP) is 0.163. The molecule has 0 aromatic carbocycles. The molecule has 56 valence electrons. The number of allylic oxidation sites excluding steroid dienone is 2. The van der Waals surface area contributed by atoms with E-state index in [0.29, 0.717) is 0 Å². The molecule has 0 radical (unpaired) electrons. The fourth-order valence-corrected chi connectivity index (χ4v) is 1.25. The molecule has 0 aromatic heterocycles. The number of rotatable bonds is 1. The van der Waals surface area contributed by atoms with Crippen molar-refractivity contribution in [1.29, 1.82) is 0 Å². The van der Waals surface area contributed by atoms with Crippen LogP contribution in [0.4, 0.5) is 0 Å². The Labute approximate surface area is 58.4 Å². The molecule has 3 N–H and O–H groups in total. The second-order valence-electron chi connectivity index (χ2n) is 1.94. The van der Waals surface area contributed by atoms with E-state index in [1.165, 1.54) is 12.3 Å². The fourth-order valence-electron chi connectivity index (χ4n) is 0.644. The van der Waals surface area contributed by atoms with Gasteiger partial charge in [0.05, 0.1) is 0 Å². The Bertz CT molecular complexity index is 217. The molecule has 0 aliphatic carbocycles. The summed E-state index contributed by atoms with van der Waals surface area (Å²) in [7, 11) is -3.99. The molecule has 1 atom stereocenters. The average Bonchev–Trinajstić information content (AvgIpc) is 1.88. The van der Waals surface area contributed by atoms with Gasteiger partial charge in [-0.3, -0.25) is 4.57 Å². The van der Waals surface area contributed by atoms with Gasteiger partial charge >= 0.3 is 7.60 Å². The molecule has 0 spiro atoms. The third-order valence-electron chi connectivity index (χ3n) is 1.13. The summed E-state index contributed by atoms with van der Waals surface area (Å²) in [6, 6.07) is 0. The second kappa shape index (κ2) is 2.58. The SMILES string of the molecule is O=P(O)(O)C1C=CC=CN1. The first-order valence-corrected chi connectivity index (χ1v) is 4.43. The van der Waals surface area contributed by atoms with Crippen molar-refractivity contribution in [3.05, 3.63) is 24.4 Å². The summed E-state index contributed by atoms with van der Waals surface area (Å²) in [6.45, 7) is 0. The van der Waals surface area contributed by atoms with Crippen LogP contribution >= 0.6 is 7.60 Å². The van der Waals surface area contributed by atoms with Crippen molar-refractivity contribution in [2.24, 2.45) is 0 Å². The molecule has 5 heteroatoms. The molecule has 0 saturated carbocycles. The fraction of sp³-hybridized carbons (Fsp3) is 0.200. The van der Waals surface area contributed by atoms with Crippen molar-refractivity contribution in [2.75, 3.05) is 0 Å². The maximum Gasteiger partial charge on any atom is 0.351 e. The number of dihydropyridines is 1. The normalized spacial score (nSPS) is 24.4. The highest BCUT2D eigenvalue weighted by atomic mass is 31.2. The van der Waals surface area contributed by atoms with E-state index in [4.69, 9.17) is 9.79 Å². The van der Waals surface area contributed by atoms with Gasteiger partial charge in [-0.1, -0.05) is 12.2 Å². The van der Waals surface area contributed by atoms with Crippen molar-refractivity contribution in [3.8, 4) is 0 Å². The minimum atomic E-state index is -3.99. The van der Waals surface area contributed by atoms with E-state index in [2.05, 4.69) is 5.32 Å². The van der Waals surface area contributed by atoms with Gasteiger partial charge in [0.1, 0.15) is 5.78 Å². The summed E-state index contributed by atoms with van der Waals surface area (Å²) in [5.74, 6) is -0.850. The zero-order valence-electron chi connectivity index (χ0n) is 5.14. The maximum atomic E-state index is 10.5. The van der Waals surface area contributed by atoms with E-state index in [-0.39, 0.29) is 0 Å². The molecule has 0 fully saturated rings. The van der Waals surface area contributed by atoms with Crippen molar-refractivity contribution in [2.45, 2.75) is 5.78 Å². The quantitative estimate of drug-likeness (QED) is 0.479. The smallest absolute Gasteiger partial charge is 0.351 e. The molecule has 0 bridgehead atoms. The summed E-state index contributed by atoms with van der Waals surface area (Å²) in [5.41, 5.74) is 0. The van der Waals surface area contributed by atoms with Crippen molar-refractivity contribution < 1.29 is 14.4 Å². The molecule has 1 unspecified atom stereocenters. The molecule has 1 heterocycles. The lowest BCUT2D eigenvalue weighted by Gasteiger charge is -2.16. The number of hydrogen-bond acceptors (Lipinski definition) is 2. The molecule has 0 aromatic rings. The van der Waals surface area contributed by atoms with Crippen LogP contribution in [0.25, 0.3) is 0 Å². The van der Waals surface area contributed by atoms with Gasteiger partial charge in [0.2, 0.25) is 0 Å². The summed E-state index contributed by atoms with van der Waals surface area (Å²) < 4.78 is 10.5. The predicted molar refractivity (Wildman–Crippen MR) is 37.2 cm³/mol. The third kappa shape index (κ3) is 1.70. The van der Waals surface area contributed by atoms with Crippen LogP contribution in [0.3, 0.4) is 0 Å². The molecular weight excluding hydrogens is 153 g/mol. The summed E-state index contributed by atoms with van der Waals surface area (Å²) in [5, 5.41) is 2.53. The van der Waals surface area contributed by atoms with Crippen LogP contribution in [0.5, 0.6) is 0 Å². The Morgan fingerprint density at radius 3 is 2.40 bits per heavy atom. The van der Waals surface area contributed by atoms with E-state index >= 15 is 0 Å². The molecule has 10 heavy (non-hydrogen) atoms. The first-order valence-electron chi connectivity index (χ1n) is 2.75. The van der Waals surface area contributed by atoms with E-state index in [1.54, 1.807) is 12.2 Å². The van der Waals surface area contributed by atoms with Crippen LogP contribution < -0.4 is 5.32 Å². The van der Waals surface area contributed by atoms with E-state index in [9.17, 15) is 4.57 Å². The van der Waals surface area contributed by atoms with Gasteiger partial charge in [-0.15, -0.1) is 0 Å². The maximum absolute atomic E-state index is 10.5. The zero-order chi connectivity index (χ0) is 7.61. The summed E-state index contributed by atoms with van der Waals surface area (Å²) in [4.78, 5) is 17.2. The lowest BCUT2D eigenvalue weighted by atomic mass is 10.4. The number of hydrogen-bond donors (Lipinski definition) is 3. The Hall–Kier alpha value is -0.570.